The first-order valence-corrected chi connectivity index (χ1v) is 10.0. The molecule has 1 aromatic carbocycles. The van der Waals surface area contributed by atoms with E-state index in [1.54, 1.807) is 21.0 Å². The highest BCUT2D eigenvalue weighted by molar-refractivity contribution is 7.99. The molecule has 0 fully saturated rings. The van der Waals surface area contributed by atoms with E-state index in [0.29, 0.717) is 0 Å². The molecule has 0 saturated carbocycles. The van der Waals surface area contributed by atoms with Gasteiger partial charge in [-0.3, -0.25) is 9.59 Å². The Morgan fingerprint density at radius 1 is 1.27 bits per heavy atom. The normalized spacial score (nSPS) is 12.2. The fourth-order valence-corrected chi connectivity index (χ4v) is 3.61. The SMILES string of the molecule is CCCCCn1c(SCC(=O)NC(C)C(=O)N(C)C)nc2ccccc21. The molecule has 142 valence electrons. The van der Waals surface area contributed by atoms with Gasteiger partial charge in [0.25, 0.3) is 0 Å². The third-order valence-corrected chi connectivity index (χ3v) is 5.10. The van der Waals surface area contributed by atoms with Crippen molar-refractivity contribution in [1.82, 2.24) is 19.8 Å². The molecule has 0 aliphatic heterocycles. The number of likely N-dealkylation sites (N-methyl/N-ethyl adjacent to an activating group) is 1. The zero-order chi connectivity index (χ0) is 19.1. The van der Waals surface area contributed by atoms with Gasteiger partial charge in [-0.25, -0.2) is 4.98 Å². The van der Waals surface area contributed by atoms with Crippen LogP contribution in [0.25, 0.3) is 11.0 Å². The van der Waals surface area contributed by atoms with Crippen molar-refractivity contribution in [3.63, 3.8) is 0 Å². The van der Waals surface area contributed by atoms with Crippen molar-refractivity contribution in [3.05, 3.63) is 24.3 Å². The van der Waals surface area contributed by atoms with Gasteiger partial charge >= 0.3 is 0 Å². The first kappa shape index (κ1) is 20.3. The average Bonchev–Trinajstić information content (AvgIpc) is 2.97. The maximum absolute atomic E-state index is 12.2. The number of nitrogens with zero attached hydrogens (tertiary/aromatic N) is 3. The lowest BCUT2D eigenvalue weighted by Gasteiger charge is -2.17. The largest absolute Gasteiger partial charge is 0.347 e. The second-order valence-electron chi connectivity index (χ2n) is 6.55. The maximum Gasteiger partial charge on any atom is 0.244 e. The zero-order valence-electron chi connectivity index (χ0n) is 16.0. The molecular weight excluding hydrogens is 348 g/mol. The Hall–Kier alpha value is -2.02. The number of amides is 2. The quantitative estimate of drug-likeness (QED) is 0.540. The van der Waals surface area contributed by atoms with E-state index in [-0.39, 0.29) is 17.6 Å². The van der Waals surface area contributed by atoms with Crippen molar-refractivity contribution >= 4 is 34.6 Å². The minimum absolute atomic E-state index is 0.116. The van der Waals surface area contributed by atoms with Crippen LogP contribution in [0.4, 0.5) is 0 Å². The molecule has 0 saturated heterocycles. The topological polar surface area (TPSA) is 67.2 Å². The summed E-state index contributed by atoms with van der Waals surface area (Å²) < 4.78 is 2.19. The van der Waals surface area contributed by atoms with Crippen LogP contribution in [-0.4, -0.2) is 52.2 Å². The third kappa shape index (κ3) is 5.24. The molecular formula is C19H28N4O2S. The predicted molar refractivity (Wildman–Crippen MR) is 106 cm³/mol. The number of para-hydroxylation sites is 2. The molecule has 6 nitrogen and oxygen atoms in total. The van der Waals surface area contributed by atoms with Gasteiger partial charge in [0.1, 0.15) is 6.04 Å². The molecule has 2 rings (SSSR count). The monoisotopic (exact) mass is 376 g/mol. The number of benzene rings is 1. The van der Waals surface area contributed by atoms with Crippen molar-refractivity contribution in [3.8, 4) is 0 Å². The van der Waals surface area contributed by atoms with Crippen LogP contribution in [0.1, 0.15) is 33.1 Å². The molecule has 1 atom stereocenters. The molecule has 2 amide bonds. The van der Waals surface area contributed by atoms with Crippen molar-refractivity contribution in [1.29, 1.82) is 0 Å². The molecule has 1 heterocycles. The second-order valence-corrected chi connectivity index (χ2v) is 7.49. The van der Waals surface area contributed by atoms with E-state index in [1.807, 2.05) is 18.2 Å². The van der Waals surface area contributed by atoms with E-state index in [4.69, 9.17) is 0 Å². The number of imidazole rings is 1. The highest BCUT2D eigenvalue weighted by Gasteiger charge is 2.18. The first-order valence-electron chi connectivity index (χ1n) is 9.02. The predicted octanol–water partition coefficient (Wildman–Crippen LogP) is 2.91. The number of hydrogen-bond donors (Lipinski definition) is 1. The molecule has 0 aliphatic rings. The molecule has 1 N–H and O–H groups in total. The number of fused-ring (bicyclic) bond motifs is 1. The average molecular weight is 377 g/mol. The highest BCUT2D eigenvalue weighted by Crippen LogP contribution is 2.24. The number of hydrogen-bond acceptors (Lipinski definition) is 4. The molecule has 0 spiro atoms. The number of thioether (sulfide) groups is 1. The van der Waals surface area contributed by atoms with Crippen LogP contribution in [-0.2, 0) is 16.1 Å². The van der Waals surface area contributed by atoms with Crippen LogP contribution < -0.4 is 5.32 Å². The summed E-state index contributed by atoms with van der Waals surface area (Å²) in [6.45, 7) is 4.78. The van der Waals surface area contributed by atoms with E-state index < -0.39 is 6.04 Å². The van der Waals surface area contributed by atoms with Gasteiger partial charge in [0.05, 0.1) is 16.8 Å². The number of aryl methyl sites for hydroxylation is 1. The Kier molecular flexibility index (Phi) is 7.50. The van der Waals surface area contributed by atoms with Gasteiger partial charge in [-0.1, -0.05) is 43.7 Å². The van der Waals surface area contributed by atoms with Gasteiger partial charge < -0.3 is 14.8 Å². The van der Waals surface area contributed by atoms with E-state index in [9.17, 15) is 9.59 Å². The minimum Gasteiger partial charge on any atom is -0.347 e. The Morgan fingerprint density at radius 2 is 2.00 bits per heavy atom. The lowest BCUT2D eigenvalue weighted by Crippen LogP contribution is -2.44. The Labute approximate surface area is 159 Å². The lowest BCUT2D eigenvalue weighted by molar-refractivity contribution is -0.133. The van der Waals surface area contributed by atoms with Crippen molar-refractivity contribution in [2.24, 2.45) is 0 Å². The van der Waals surface area contributed by atoms with Gasteiger partial charge in [-0.15, -0.1) is 0 Å². The number of rotatable bonds is 9. The summed E-state index contributed by atoms with van der Waals surface area (Å²) in [5.41, 5.74) is 2.05. The third-order valence-electron chi connectivity index (χ3n) is 4.13. The van der Waals surface area contributed by atoms with Gasteiger partial charge in [-0.2, -0.15) is 0 Å². The molecule has 26 heavy (non-hydrogen) atoms. The van der Waals surface area contributed by atoms with Crippen molar-refractivity contribution in [2.75, 3.05) is 19.8 Å². The van der Waals surface area contributed by atoms with Crippen LogP contribution in [0.5, 0.6) is 0 Å². The minimum atomic E-state index is -0.526. The number of nitrogens with one attached hydrogen (secondary N) is 1. The molecule has 7 heteroatoms. The van der Waals surface area contributed by atoms with E-state index in [2.05, 4.69) is 27.9 Å². The van der Waals surface area contributed by atoms with Crippen LogP contribution in [0.2, 0.25) is 0 Å². The van der Waals surface area contributed by atoms with Gasteiger partial charge in [-0.05, 0) is 25.5 Å². The summed E-state index contributed by atoms with van der Waals surface area (Å²) in [6, 6.07) is 7.52. The number of carbonyl (C=O) groups is 2. The van der Waals surface area contributed by atoms with Crippen molar-refractivity contribution < 1.29 is 9.59 Å². The molecule has 0 radical (unpaired) electrons. The molecule has 1 unspecified atom stereocenters. The van der Waals surface area contributed by atoms with Crippen molar-refractivity contribution in [2.45, 2.75) is 50.9 Å². The summed E-state index contributed by atoms with van der Waals surface area (Å²) >= 11 is 1.42. The number of unbranched alkanes of at least 4 members (excludes halogenated alkanes) is 2. The fraction of sp³-hybridized carbons (Fsp3) is 0.526. The summed E-state index contributed by atoms with van der Waals surface area (Å²) in [7, 11) is 3.36. The van der Waals surface area contributed by atoms with Crippen LogP contribution in [0.15, 0.2) is 29.4 Å². The van der Waals surface area contributed by atoms with Crippen LogP contribution in [0.3, 0.4) is 0 Å². The summed E-state index contributed by atoms with van der Waals surface area (Å²) in [5, 5.41) is 3.60. The standard InChI is InChI=1S/C19H28N4O2S/c1-5-6-9-12-23-16-11-8-7-10-15(16)21-19(23)26-13-17(24)20-14(2)18(25)22(3)4/h7-8,10-11,14H,5-6,9,12-13H2,1-4H3,(H,20,24). The van der Waals surface area contributed by atoms with E-state index in [1.165, 1.54) is 23.1 Å². The number of carbonyl (C=O) groups excluding carboxylic acids is 2. The molecule has 0 bridgehead atoms. The van der Waals surface area contributed by atoms with Gasteiger partial charge in [0.2, 0.25) is 11.8 Å². The highest BCUT2D eigenvalue weighted by atomic mass is 32.2. The second kappa shape index (κ2) is 9.62. The summed E-state index contributed by atoms with van der Waals surface area (Å²) in [4.78, 5) is 30.2. The Balaban J connectivity index is 2.04. The van der Waals surface area contributed by atoms with Crippen LogP contribution >= 0.6 is 11.8 Å². The first-order chi connectivity index (χ1) is 12.4. The van der Waals surface area contributed by atoms with Gasteiger partial charge in [0, 0.05) is 20.6 Å². The molecule has 2 aromatic rings. The lowest BCUT2D eigenvalue weighted by atomic mass is 10.2. The van der Waals surface area contributed by atoms with Gasteiger partial charge in [0.15, 0.2) is 5.16 Å². The van der Waals surface area contributed by atoms with Crippen LogP contribution in [0, 0.1) is 0 Å². The summed E-state index contributed by atoms with van der Waals surface area (Å²) in [6.07, 6.45) is 3.42. The van der Waals surface area contributed by atoms with E-state index in [0.717, 1.165) is 35.6 Å². The van der Waals surface area contributed by atoms with E-state index >= 15 is 0 Å². The molecule has 0 aliphatic carbocycles. The number of aromatic nitrogens is 2. The maximum atomic E-state index is 12.2. The smallest absolute Gasteiger partial charge is 0.244 e. The fourth-order valence-electron chi connectivity index (χ4n) is 2.76. The Bertz CT molecular complexity index is 757. The Morgan fingerprint density at radius 3 is 2.69 bits per heavy atom. The summed E-state index contributed by atoms with van der Waals surface area (Å²) in [5.74, 6) is -0.0395. The zero-order valence-corrected chi connectivity index (χ0v) is 16.8. The molecule has 1 aromatic heterocycles.